The lowest BCUT2D eigenvalue weighted by Crippen LogP contribution is -2.40. The van der Waals surface area contributed by atoms with Crippen molar-refractivity contribution in [3.63, 3.8) is 0 Å². The van der Waals surface area contributed by atoms with E-state index < -0.39 is 22.5 Å². The van der Waals surface area contributed by atoms with Crippen LogP contribution in [0.25, 0.3) is 0 Å². The number of nitrogens with zero attached hydrogens (tertiary/aromatic N) is 2. The van der Waals surface area contributed by atoms with Crippen molar-refractivity contribution >= 4 is 39.2 Å². The lowest BCUT2D eigenvalue weighted by Gasteiger charge is -2.22. The van der Waals surface area contributed by atoms with Crippen LogP contribution in [0.15, 0.2) is 23.1 Å². The summed E-state index contributed by atoms with van der Waals surface area (Å²) >= 11 is 11.7. The number of rotatable bonds is 7. The van der Waals surface area contributed by atoms with Gasteiger partial charge in [0.2, 0.25) is 10.0 Å². The summed E-state index contributed by atoms with van der Waals surface area (Å²) in [5.41, 5.74) is 0. The first-order valence-electron chi connectivity index (χ1n) is 5.97. The van der Waals surface area contributed by atoms with Crippen LogP contribution in [0.3, 0.4) is 0 Å². The molecule has 0 amide bonds. The zero-order chi connectivity index (χ0) is 16.2. The van der Waals surface area contributed by atoms with Crippen LogP contribution in [0.2, 0.25) is 10.0 Å². The van der Waals surface area contributed by atoms with Gasteiger partial charge in [0.25, 0.3) is 0 Å². The first-order chi connectivity index (χ1) is 9.66. The molecular formula is C12H16Cl2N2O4S. The summed E-state index contributed by atoms with van der Waals surface area (Å²) in [6.45, 7) is -0.228. The van der Waals surface area contributed by atoms with Crippen molar-refractivity contribution in [2.45, 2.75) is 4.90 Å². The summed E-state index contributed by atoms with van der Waals surface area (Å²) in [7, 11) is -0.512. The second-order valence-corrected chi connectivity index (χ2v) is 7.28. The average Bonchev–Trinajstić information content (AvgIpc) is 2.36. The summed E-state index contributed by atoms with van der Waals surface area (Å²) in [6, 6.07) is 4.21. The third kappa shape index (κ3) is 4.82. The third-order valence-corrected chi connectivity index (χ3v) is 5.46. The Hall–Kier alpha value is -0.860. The SMILES string of the molecule is CN(C)CCN(CC(=O)O)S(=O)(=O)c1cccc(Cl)c1Cl. The first-order valence-corrected chi connectivity index (χ1v) is 8.16. The number of carboxylic acid groups (broad SMARTS) is 1. The summed E-state index contributed by atoms with van der Waals surface area (Å²) in [5, 5.41) is 8.89. The maximum absolute atomic E-state index is 12.6. The van der Waals surface area contributed by atoms with E-state index in [1.165, 1.54) is 18.2 Å². The molecule has 0 bridgehead atoms. The average molecular weight is 355 g/mol. The highest BCUT2D eigenvalue weighted by atomic mass is 35.5. The Morgan fingerprint density at radius 2 is 1.86 bits per heavy atom. The molecule has 1 rings (SSSR count). The molecule has 0 aliphatic rings. The molecule has 0 spiro atoms. The molecule has 0 heterocycles. The largest absolute Gasteiger partial charge is 0.480 e. The van der Waals surface area contributed by atoms with Gasteiger partial charge in [0.1, 0.15) is 11.4 Å². The van der Waals surface area contributed by atoms with Crippen LogP contribution in [0.1, 0.15) is 0 Å². The zero-order valence-electron chi connectivity index (χ0n) is 11.6. The van der Waals surface area contributed by atoms with Crippen molar-refractivity contribution in [1.82, 2.24) is 9.21 Å². The number of carbonyl (C=O) groups is 1. The van der Waals surface area contributed by atoms with Gasteiger partial charge in [-0.2, -0.15) is 4.31 Å². The number of carboxylic acids is 1. The van der Waals surface area contributed by atoms with Crippen LogP contribution >= 0.6 is 23.2 Å². The minimum absolute atomic E-state index is 0.0322. The Morgan fingerprint density at radius 3 is 2.38 bits per heavy atom. The van der Waals surface area contributed by atoms with E-state index in [2.05, 4.69) is 0 Å². The van der Waals surface area contributed by atoms with Gasteiger partial charge in [0.15, 0.2) is 0 Å². The van der Waals surface area contributed by atoms with Gasteiger partial charge in [-0.3, -0.25) is 4.79 Å². The standard InChI is InChI=1S/C12H16Cl2N2O4S/c1-15(2)6-7-16(8-11(17)18)21(19,20)10-5-3-4-9(13)12(10)14/h3-5H,6-8H2,1-2H3,(H,17,18). The number of benzene rings is 1. The molecule has 6 nitrogen and oxygen atoms in total. The molecule has 0 unspecified atom stereocenters. The molecule has 0 aromatic heterocycles. The Kier molecular flexibility index (Phi) is 6.42. The second kappa shape index (κ2) is 7.42. The highest BCUT2D eigenvalue weighted by molar-refractivity contribution is 7.89. The molecule has 0 aliphatic heterocycles. The van der Waals surface area contributed by atoms with Crippen LogP contribution in [-0.2, 0) is 14.8 Å². The molecule has 0 saturated heterocycles. The summed E-state index contributed by atoms with van der Waals surface area (Å²) in [5.74, 6) is -1.24. The van der Waals surface area contributed by atoms with E-state index >= 15 is 0 Å². The maximum Gasteiger partial charge on any atom is 0.318 e. The van der Waals surface area contributed by atoms with Gasteiger partial charge in [-0.1, -0.05) is 29.3 Å². The van der Waals surface area contributed by atoms with E-state index in [1.807, 2.05) is 0 Å². The molecule has 0 aliphatic carbocycles. The number of likely N-dealkylation sites (N-methyl/N-ethyl adjacent to an activating group) is 1. The first kappa shape index (κ1) is 18.2. The highest BCUT2D eigenvalue weighted by Gasteiger charge is 2.29. The lowest BCUT2D eigenvalue weighted by molar-refractivity contribution is -0.137. The molecule has 1 N–H and O–H groups in total. The molecule has 0 fully saturated rings. The molecule has 21 heavy (non-hydrogen) atoms. The van der Waals surface area contributed by atoms with E-state index in [4.69, 9.17) is 28.3 Å². The summed E-state index contributed by atoms with van der Waals surface area (Å²) in [6.07, 6.45) is 0. The molecule has 0 radical (unpaired) electrons. The monoisotopic (exact) mass is 354 g/mol. The van der Waals surface area contributed by atoms with Crippen molar-refractivity contribution in [2.24, 2.45) is 0 Å². The molecule has 118 valence electrons. The van der Waals surface area contributed by atoms with Crippen LogP contribution in [0, 0.1) is 0 Å². The minimum Gasteiger partial charge on any atom is -0.480 e. The van der Waals surface area contributed by atoms with E-state index in [1.54, 1.807) is 19.0 Å². The zero-order valence-corrected chi connectivity index (χ0v) is 13.9. The predicted molar refractivity (Wildman–Crippen MR) is 81.4 cm³/mol. The molecule has 9 heteroatoms. The Balaban J connectivity index is 3.19. The lowest BCUT2D eigenvalue weighted by atomic mass is 10.4. The van der Waals surface area contributed by atoms with Crippen LogP contribution in [0.4, 0.5) is 0 Å². The number of halogens is 2. The topological polar surface area (TPSA) is 77.9 Å². The van der Waals surface area contributed by atoms with E-state index in [9.17, 15) is 13.2 Å². The second-order valence-electron chi connectivity index (χ2n) is 4.59. The molecular weight excluding hydrogens is 339 g/mol. The van der Waals surface area contributed by atoms with Crippen molar-refractivity contribution in [1.29, 1.82) is 0 Å². The summed E-state index contributed by atoms with van der Waals surface area (Å²) in [4.78, 5) is 12.5. The van der Waals surface area contributed by atoms with Gasteiger partial charge in [0, 0.05) is 13.1 Å². The highest BCUT2D eigenvalue weighted by Crippen LogP contribution is 2.30. The van der Waals surface area contributed by atoms with Crippen molar-refractivity contribution in [3.05, 3.63) is 28.2 Å². The number of hydrogen-bond donors (Lipinski definition) is 1. The van der Waals surface area contributed by atoms with Gasteiger partial charge < -0.3 is 10.0 Å². The minimum atomic E-state index is -4.04. The molecule has 0 atom stereocenters. The van der Waals surface area contributed by atoms with Gasteiger partial charge in [0.05, 0.1) is 10.0 Å². The van der Waals surface area contributed by atoms with Crippen molar-refractivity contribution < 1.29 is 18.3 Å². The van der Waals surface area contributed by atoms with Gasteiger partial charge >= 0.3 is 5.97 Å². The van der Waals surface area contributed by atoms with E-state index in [-0.39, 0.29) is 21.5 Å². The smallest absolute Gasteiger partial charge is 0.318 e. The number of sulfonamides is 1. The number of aliphatic carboxylic acids is 1. The van der Waals surface area contributed by atoms with Gasteiger partial charge in [-0.05, 0) is 26.2 Å². The van der Waals surface area contributed by atoms with Gasteiger partial charge in [-0.25, -0.2) is 8.42 Å². The fourth-order valence-corrected chi connectivity index (χ4v) is 3.69. The third-order valence-electron chi connectivity index (χ3n) is 2.64. The summed E-state index contributed by atoms with van der Waals surface area (Å²) < 4.78 is 26.0. The maximum atomic E-state index is 12.6. The van der Waals surface area contributed by atoms with Crippen LogP contribution in [-0.4, -0.2) is 62.4 Å². The van der Waals surface area contributed by atoms with E-state index in [0.717, 1.165) is 4.31 Å². The molecule has 0 saturated carbocycles. The van der Waals surface area contributed by atoms with Crippen LogP contribution in [0.5, 0.6) is 0 Å². The van der Waals surface area contributed by atoms with Crippen LogP contribution < -0.4 is 0 Å². The Morgan fingerprint density at radius 1 is 1.24 bits per heavy atom. The predicted octanol–water partition coefficient (Wildman–Crippen LogP) is 1.63. The van der Waals surface area contributed by atoms with Crippen molar-refractivity contribution in [3.8, 4) is 0 Å². The Bertz CT molecular complexity index is 620. The van der Waals surface area contributed by atoms with E-state index in [0.29, 0.717) is 6.54 Å². The fourth-order valence-electron chi connectivity index (χ4n) is 1.57. The normalized spacial score (nSPS) is 12.1. The fraction of sp³-hybridized carbons (Fsp3) is 0.417. The molecule has 1 aromatic rings. The quantitative estimate of drug-likeness (QED) is 0.804. The number of hydrogen-bond acceptors (Lipinski definition) is 4. The van der Waals surface area contributed by atoms with Crippen molar-refractivity contribution in [2.75, 3.05) is 33.7 Å². The molecule has 1 aromatic carbocycles. The van der Waals surface area contributed by atoms with Gasteiger partial charge in [-0.15, -0.1) is 0 Å². The Labute approximate surface area is 133 Å².